The van der Waals surface area contributed by atoms with Gasteiger partial charge in [-0.2, -0.15) is 0 Å². The van der Waals surface area contributed by atoms with E-state index >= 15 is 0 Å². The third-order valence-electron chi connectivity index (χ3n) is 6.24. The van der Waals surface area contributed by atoms with E-state index in [0.29, 0.717) is 6.61 Å². The van der Waals surface area contributed by atoms with Crippen LogP contribution in [0.2, 0.25) is 0 Å². The van der Waals surface area contributed by atoms with Crippen molar-refractivity contribution < 1.29 is 14.3 Å². The molecule has 0 aliphatic heterocycles. The van der Waals surface area contributed by atoms with E-state index in [1.54, 1.807) is 13.2 Å². The highest BCUT2D eigenvalue weighted by Crippen LogP contribution is 2.29. The minimum atomic E-state index is -0.244. The normalized spacial score (nSPS) is 12.3. The summed E-state index contributed by atoms with van der Waals surface area (Å²) in [5.74, 6) is 2.17. The van der Waals surface area contributed by atoms with Gasteiger partial charge in [0.1, 0.15) is 5.82 Å². The van der Waals surface area contributed by atoms with Crippen LogP contribution in [0.5, 0.6) is 11.5 Å². The van der Waals surface area contributed by atoms with Crippen molar-refractivity contribution in [3.8, 4) is 11.5 Å². The number of nitrogens with one attached hydrogen (secondary N) is 1. The lowest BCUT2D eigenvalue weighted by molar-refractivity contribution is -0.117. The molecule has 6 nitrogen and oxygen atoms in total. The number of allylic oxidation sites excluding steroid dienone is 1. The molecular formula is C32H35N3O3. The molecule has 1 aromatic heterocycles. The van der Waals surface area contributed by atoms with Crippen molar-refractivity contribution in [2.24, 2.45) is 0 Å². The molecule has 0 saturated heterocycles. The zero-order valence-electron chi connectivity index (χ0n) is 22.3. The van der Waals surface area contributed by atoms with Crippen LogP contribution in [0.15, 0.2) is 84.9 Å². The van der Waals surface area contributed by atoms with Gasteiger partial charge in [0.25, 0.3) is 0 Å². The summed E-state index contributed by atoms with van der Waals surface area (Å²) in [5.41, 5.74) is 4.04. The number of ether oxygens (including phenoxy) is 2. The summed E-state index contributed by atoms with van der Waals surface area (Å²) in [4.78, 5) is 17.5. The van der Waals surface area contributed by atoms with Gasteiger partial charge in [0.15, 0.2) is 11.5 Å². The van der Waals surface area contributed by atoms with Gasteiger partial charge in [-0.15, -0.1) is 0 Å². The second-order valence-electron chi connectivity index (χ2n) is 9.05. The lowest BCUT2D eigenvalue weighted by Crippen LogP contribution is -2.27. The number of nitrogens with zero attached hydrogens (tertiary/aromatic N) is 2. The molecule has 1 amide bonds. The first-order valence-corrected chi connectivity index (χ1v) is 13.0. The van der Waals surface area contributed by atoms with Crippen LogP contribution in [0, 0.1) is 0 Å². The first kappa shape index (κ1) is 26.7. The quantitative estimate of drug-likeness (QED) is 0.168. The number of aromatic nitrogens is 2. The summed E-state index contributed by atoms with van der Waals surface area (Å²) in [7, 11) is 1.66. The standard InChI is InChI=1S/C32H35N3O3/c1-4-12-26-17-19-29(30(23-26)37-3)38-22-11-10-21-35-28-16-9-8-15-27(28)34-32(35)24(2)33-31(36)20-18-25-13-6-5-7-14-25/h4-9,12-20,23-24H,10-11,21-22H2,1-3H3,(H,33,36)/b12-4+,20-18-. The van der Waals surface area contributed by atoms with Gasteiger partial charge >= 0.3 is 0 Å². The van der Waals surface area contributed by atoms with Crippen LogP contribution < -0.4 is 14.8 Å². The summed E-state index contributed by atoms with van der Waals surface area (Å²) in [5, 5.41) is 3.06. The highest BCUT2D eigenvalue weighted by atomic mass is 16.5. The maximum Gasteiger partial charge on any atom is 0.244 e. The molecule has 196 valence electrons. The summed E-state index contributed by atoms with van der Waals surface area (Å²) < 4.78 is 13.7. The minimum absolute atomic E-state index is 0.150. The fourth-order valence-corrected chi connectivity index (χ4v) is 4.38. The minimum Gasteiger partial charge on any atom is -0.493 e. The molecule has 0 aliphatic carbocycles. The van der Waals surface area contributed by atoms with Crippen molar-refractivity contribution in [3.05, 3.63) is 102 Å². The molecule has 1 unspecified atom stereocenters. The number of amides is 1. The first-order valence-electron chi connectivity index (χ1n) is 13.0. The van der Waals surface area contributed by atoms with Gasteiger partial charge in [0, 0.05) is 12.6 Å². The second kappa shape index (κ2) is 13.3. The van der Waals surface area contributed by atoms with E-state index in [4.69, 9.17) is 14.5 Å². The number of hydrogen-bond acceptors (Lipinski definition) is 4. The number of benzene rings is 3. The molecule has 38 heavy (non-hydrogen) atoms. The third-order valence-corrected chi connectivity index (χ3v) is 6.24. The molecule has 4 rings (SSSR count). The molecule has 4 aromatic rings. The molecule has 1 atom stereocenters. The predicted molar refractivity (Wildman–Crippen MR) is 154 cm³/mol. The van der Waals surface area contributed by atoms with E-state index in [2.05, 4.69) is 16.0 Å². The molecule has 0 fully saturated rings. The van der Waals surface area contributed by atoms with Crippen LogP contribution in [-0.4, -0.2) is 29.2 Å². The lowest BCUT2D eigenvalue weighted by Gasteiger charge is -2.16. The number of hydrogen-bond donors (Lipinski definition) is 1. The Morgan fingerprint density at radius 1 is 0.974 bits per heavy atom. The summed E-state index contributed by atoms with van der Waals surface area (Å²) >= 11 is 0. The zero-order valence-corrected chi connectivity index (χ0v) is 22.3. The first-order chi connectivity index (χ1) is 18.6. The number of carbonyl (C=O) groups excluding carboxylic acids is 1. The molecular weight excluding hydrogens is 474 g/mol. The van der Waals surface area contributed by atoms with E-state index in [1.807, 2.05) is 98.8 Å². The highest BCUT2D eigenvalue weighted by Gasteiger charge is 2.17. The second-order valence-corrected chi connectivity index (χ2v) is 9.05. The van der Waals surface area contributed by atoms with Crippen LogP contribution in [0.3, 0.4) is 0 Å². The van der Waals surface area contributed by atoms with Crippen molar-refractivity contribution in [1.29, 1.82) is 0 Å². The number of fused-ring (bicyclic) bond motifs is 1. The topological polar surface area (TPSA) is 65.4 Å². The highest BCUT2D eigenvalue weighted by molar-refractivity contribution is 5.92. The molecule has 0 bridgehead atoms. The molecule has 1 N–H and O–H groups in total. The number of aryl methyl sites for hydroxylation is 1. The largest absolute Gasteiger partial charge is 0.493 e. The molecule has 0 saturated carbocycles. The van der Waals surface area contributed by atoms with Crippen molar-refractivity contribution in [2.45, 2.75) is 39.3 Å². The Kier molecular flexibility index (Phi) is 9.35. The van der Waals surface area contributed by atoms with E-state index < -0.39 is 0 Å². The summed E-state index contributed by atoms with van der Waals surface area (Å²) in [6, 6.07) is 23.6. The predicted octanol–water partition coefficient (Wildman–Crippen LogP) is 6.83. The van der Waals surface area contributed by atoms with Gasteiger partial charge in [0.05, 0.1) is 30.8 Å². The smallest absolute Gasteiger partial charge is 0.244 e. The maximum atomic E-state index is 12.6. The average Bonchev–Trinajstić information content (AvgIpc) is 3.32. The molecule has 0 aliphatic rings. The Bertz CT molecular complexity index is 1410. The van der Waals surface area contributed by atoms with Gasteiger partial charge in [-0.1, -0.05) is 60.7 Å². The van der Waals surface area contributed by atoms with Crippen LogP contribution in [0.25, 0.3) is 23.2 Å². The van der Waals surface area contributed by atoms with Gasteiger partial charge in [-0.05, 0) is 68.2 Å². The Morgan fingerprint density at radius 2 is 1.76 bits per heavy atom. The van der Waals surface area contributed by atoms with E-state index in [9.17, 15) is 4.79 Å². The molecule has 0 radical (unpaired) electrons. The van der Waals surface area contributed by atoms with Crippen LogP contribution in [0.1, 0.15) is 49.7 Å². The average molecular weight is 510 g/mol. The van der Waals surface area contributed by atoms with Crippen molar-refractivity contribution in [3.63, 3.8) is 0 Å². The van der Waals surface area contributed by atoms with Gasteiger partial charge in [0.2, 0.25) is 5.91 Å². The maximum absolute atomic E-state index is 12.6. The fourth-order valence-electron chi connectivity index (χ4n) is 4.38. The molecule has 6 heteroatoms. The van der Waals surface area contributed by atoms with Gasteiger partial charge < -0.3 is 19.4 Å². The Morgan fingerprint density at radius 3 is 2.55 bits per heavy atom. The number of carbonyl (C=O) groups is 1. The fraction of sp³-hybridized carbons (Fsp3) is 0.250. The van der Waals surface area contributed by atoms with E-state index in [0.717, 1.165) is 58.9 Å². The van der Waals surface area contributed by atoms with Crippen molar-refractivity contribution in [1.82, 2.24) is 14.9 Å². The Hall–Kier alpha value is -4.32. The van der Waals surface area contributed by atoms with Crippen LogP contribution in [-0.2, 0) is 11.3 Å². The summed E-state index contributed by atoms with van der Waals surface area (Å²) in [6.45, 7) is 5.32. The third kappa shape index (κ3) is 6.91. The van der Waals surface area contributed by atoms with Gasteiger partial charge in [-0.25, -0.2) is 4.98 Å². The number of imidazole rings is 1. The van der Waals surface area contributed by atoms with E-state index in [-0.39, 0.29) is 11.9 Å². The number of rotatable bonds is 12. The van der Waals surface area contributed by atoms with Gasteiger partial charge in [-0.3, -0.25) is 4.79 Å². The van der Waals surface area contributed by atoms with Crippen LogP contribution in [0.4, 0.5) is 0 Å². The van der Waals surface area contributed by atoms with Crippen molar-refractivity contribution in [2.75, 3.05) is 13.7 Å². The molecule has 1 heterocycles. The van der Waals surface area contributed by atoms with Crippen LogP contribution >= 0.6 is 0 Å². The summed E-state index contributed by atoms with van der Waals surface area (Å²) in [6.07, 6.45) is 9.18. The SMILES string of the molecule is C/C=C/c1ccc(OCCCCn2c(C(C)NC(=O)/C=C\c3ccccc3)nc3ccccc32)c(OC)c1. The lowest BCUT2D eigenvalue weighted by atomic mass is 10.2. The number of para-hydroxylation sites is 2. The van der Waals surface area contributed by atoms with E-state index in [1.165, 1.54) is 0 Å². The van der Waals surface area contributed by atoms with Crippen molar-refractivity contribution >= 4 is 29.1 Å². The Labute approximate surface area is 224 Å². The monoisotopic (exact) mass is 509 g/mol. The zero-order chi connectivity index (χ0) is 26.7. The Balaban J connectivity index is 1.38. The number of methoxy groups -OCH3 is 1. The number of unbranched alkanes of at least 4 members (excludes halogenated alkanes) is 1. The molecule has 0 spiro atoms. The molecule has 3 aromatic carbocycles.